The summed E-state index contributed by atoms with van der Waals surface area (Å²) in [6.45, 7) is 0.0821. The molecule has 2 nitrogen and oxygen atoms in total. The Morgan fingerprint density at radius 1 is 1.20 bits per heavy atom. The lowest BCUT2D eigenvalue weighted by Crippen LogP contribution is -2.16. The minimum absolute atomic E-state index is 0.0821. The standard InChI is InChI=1S/C16H16ClNOS/c17-12-3-6-16-14(9-12)15(7-8-20-16)18-13-4-1-11(10-19)2-5-13/h1-6,9,15,18-19H,7-8,10H2. The molecule has 4 heteroatoms. The molecule has 1 aliphatic rings. The number of benzene rings is 2. The number of hydrogen-bond donors (Lipinski definition) is 2. The number of anilines is 1. The van der Waals surface area contributed by atoms with Crippen LogP contribution in [-0.2, 0) is 6.61 Å². The second kappa shape index (κ2) is 6.08. The molecule has 0 aromatic heterocycles. The number of hydrogen-bond acceptors (Lipinski definition) is 3. The Balaban J connectivity index is 1.83. The molecule has 0 radical (unpaired) electrons. The molecule has 0 saturated heterocycles. The van der Waals surface area contributed by atoms with Crippen molar-refractivity contribution in [3.8, 4) is 0 Å². The molecule has 0 saturated carbocycles. The van der Waals surface area contributed by atoms with Gasteiger partial charge < -0.3 is 10.4 Å². The van der Waals surface area contributed by atoms with Crippen molar-refractivity contribution in [2.75, 3.05) is 11.1 Å². The van der Waals surface area contributed by atoms with Crippen LogP contribution in [-0.4, -0.2) is 10.9 Å². The Morgan fingerprint density at radius 2 is 2.00 bits per heavy atom. The van der Waals surface area contributed by atoms with E-state index in [9.17, 15) is 0 Å². The van der Waals surface area contributed by atoms with Gasteiger partial charge in [-0.3, -0.25) is 0 Å². The van der Waals surface area contributed by atoms with Gasteiger partial charge in [-0.05, 0) is 47.9 Å². The second-order valence-electron chi connectivity index (χ2n) is 4.87. The van der Waals surface area contributed by atoms with E-state index in [-0.39, 0.29) is 6.61 Å². The summed E-state index contributed by atoms with van der Waals surface area (Å²) in [6, 6.07) is 14.3. The fourth-order valence-corrected chi connectivity index (χ4v) is 3.71. The van der Waals surface area contributed by atoms with E-state index in [1.165, 1.54) is 10.5 Å². The van der Waals surface area contributed by atoms with E-state index in [4.69, 9.17) is 16.7 Å². The maximum atomic E-state index is 9.07. The van der Waals surface area contributed by atoms with Crippen LogP contribution in [0.15, 0.2) is 47.4 Å². The van der Waals surface area contributed by atoms with Gasteiger partial charge in [0.1, 0.15) is 0 Å². The molecule has 2 N–H and O–H groups in total. The lowest BCUT2D eigenvalue weighted by molar-refractivity contribution is 0.282. The van der Waals surface area contributed by atoms with Crippen LogP contribution in [0.5, 0.6) is 0 Å². The first-order valence-corrected chi connectivity index (χ1v) is 8.01. The van der Waals surface area contributed by atoms with E-state index in [0.29, 0.717) is 6.04 Å². The summed E-state index contributed by atoms with van der Waals surface area (Å²) in [6.07, 6.45) is 1.08. The van der Waals surface area contributed by atoms with E-state index in [1.807, 2.05) is 42.1 Å². The molecule has 1 aliphatic heterocycles. The van der Waals surface area contributed by atoms with E-state index >= 15 is 0 Å². The highest BCUT2D eigenvalue weighted by Gasteiger charge is 2.20. The van der Waals surface area contributed by atoms with Crippen molar-refractivity contribution in [2.24, 2.45) is 0 Å². The van der Waals surface area contributed by atoms with Gasteiger partial charge in [0, 0.05) is 21.4 Å². The number of thioether (sulfide) groups is 1. The Kier molecular flexibility index (Phi) is 4.20. The first kappa shape index (κ1) is 13.8. The van der Waals surface area contributed by atoms with E-state index in [0.717, 1.165) is 28.4 Å². The number of halogens is 1. The Bertz CT molecular complexity index is 600. The fraction of sp³-hybridized carbons (Fsp3) is 0.250. The smallest absolute Gasteiger partial charge is 0.0681 e. The molecular weight excluding hydrogens is 290 g/mol. The molecular formula is C16H16ClNOS. The SMILES string of the molecule is OCc1ccc(NC2CCSc3ccc(Cl)cc32)cc1. The van der Waals surface area contributed by atoms with Gasteiger partial charge in [-0.2, -0.15) is 0 Å². The largest absolute Gasteiger partial charge is 0.392 e. The summed E-state index contributed by atoms with van der Waals surface area (Å²) in [5, 5.41) is 13.4. The molecule has 2 aromatic rings. The lowest BCUT2D eigenvalue weighted by atomic mass is 10.0. The van der Waals surface area contributed by atoms with Crippen LogP contribution in [0.25, 0.3) is 0 Å². The number of aliphatic hydroxyl groups is 1. The molecule has 3 rings (SSSR count). The second-order valence-corrected chi connectivity index (χ2v) is 6.44. The zero-order valence-corrected chi connectivity index (χ0v) is 12.5. The summed E-state index contributed by atoms with van der Waals surface area (Å²) in [5.74, 6) is 1.11. The van der Waals surface area contributed by atoms with Crippen molar-refractivity contribution < 1.29 is 5.11 Å². The fourth-order valence-electron chi connectivity index (χ4n) is 2.42. The van der Waals surface area contributed by atoms with Crippen LogP contribution in [0.3, 0.4) is 0 Å². The van der Waals surface area contributed by atoms with Crippen molar-refractivity contribution in [2.45, 2.75) is 24.0 Å². The van der Waals surface area contributed by atoms with Crippen LogP contribution in [0.1, 0.15) is 23.6 Å². The predicted octanol–water partition coefficient (Wildman–Crippen LogP) is 4.48. The summed E-state index contributed by atoms with van der Waals surface area (Å²) in [7, 11) is 0. The molecule has 0 amide bonds. The van der Waals surface area contributed by atoms with Crippen LogP contribution in [0.2, 0.25) is 5.02 Å². The van der Waals surface area contributed by atoms with Crippen molar-refractivity contribution in [3.05, 3.63) is 58.6 Å². The van der Waals surface area contributed by atoms with Crippen LogP contribution in [0.4, 0.5) is 5.69 Å². The maximum absolute atomic E-state index is 9.07. The minimum atomic E-state index is 0.0821. The molecule has 1 atom stereocenters. The summed E-state index contributed by atoms with van der Waals surface area (Å²) in [5.41, 5.74) is 3.28. The van der Waals surface area contributed by atoms with Gasteiger partial charge in [-0.1, -0.05) is 23.7 Å². The monoisotopic (exact) mass is 305 g/mol. The number of aliphatic hydroxyl groups excluding tert-OH is 1. The molecule has 104 valence electrons. The van der Waals surface area contributed by atoms with Crippen LogP contribution < -0.4 is 5.32 Å². The molecule has 2 aromatic carbocycles. The van der Waals surface area contributed by atoms with Crippen LogP contribution in [0, 0.1) is 0 Å². The van der Waals surface area contributed by atoms with Gasteiger partial charge >= 0.3 is 0 Å². The highest BCUT2D eigenvalue weighted by molar-refractivity contribution is 7.99. The van der Waals surface area contributed by atoms with Gasteiger partial charge in [0.25, 0.3) is 0 Å². The molecule has 1 unspecified atom stereocenters. The molecule has 0 aliphatic carbocycles. The van der Waals surface area contributed by atoms with E-state index < -0.39 is 0 Å². The van der Waals surface area contributed by atoms with Gasteiger partial charge in [0.2, 0.25) is 0 Å². The van der Waals surface area contributed by atoms with Crippen molar-refractivity contribution in [3.63, 3.8) is 0 Å². The summed E-state index contributed by atoms with van der Waals surface area (Å²) in [4.78, 5) is 1.31. The van der Waals surface area contributed by atoms with Crippen molar-refractivity contribution in [1.29, 1.82) is 0 Å². The predicted molar refractivity (Wildman–Crippen MR) is 85.5 cm³/mol. The Morgan fingerprint density at radius 3 is 2.75 bits per heavy atom. The van der Waals surface area contributed by atoms with Crippen molar-refractivity contribution in [1.82, 2.24) is 0 Å². The third kappa shape index (κ3) is 2.95. The molecule has 1 heterocycles. The normalized spacial score (nSPS) is 17.6. The highest BCUT2D eigenvalue weighted by atomic mass is 35.5. The average Bonchev–Trinajstić information content (AvgIpc) is 2.49. The summed E-state index contributed by atoms with van der Waals surface area (Å²) < 4.78 is 0. The number of fused-ring (bicyclic) bond motifs is 1. The average molecular weight is 306 g/mol. The molecule has 0 spiro atoms. The third-order valence-electron chi connectivity index (χ3n) is 3.49. The first-order valence-electron chi connectivity index (χ1n) is 6.65. The molecule has 0 fully saturated rings. The Hall–Kier alpha value is -1.16. The van der Waals surface area contributed by atoms with Gasteiger partial charge in [-0.25, -0.2) is 0 Å². The zero-order chi connectivity index (χ0) is 13.9. The minimum Gasteiger partial charge on any atom is -0.392 e. The van der Waals surface area contributed by atoms with Gasteiger partial charge in [-0.15, -0.1) is 11.8 Å². The third-order valence-corrected chi connectivity index (χ3v) is 4.85. The zero-order valence-electron chi connectivity index (χ0n) is 11.0. The lowest BCUT2D eigenvalue weighted by Gasteiger charge is -2.27. The summed E-state index contributed by atoms with van der Waals surface area (Å²) >= 11 is 8.01. The van der Waals surface area contributed by atoms with E-state index in [2.05, 4.69) is 17.4 Å². The first-order chi connectivity index (χ1) is 9.76. The quantitative estimate of drug-likeness (QED) is 0.877. The molecule has 20 heavy (non-hydrogen) atoms. The maximum Gasteiger partial charge on any atom is 0.0681 e. The van der Waals surface area contributed by atoms with Crippen molar-refractivity contribution >= 4 is 29.1 Å². The molecule has 0 bridgehead atoms. The number of rotatable bonds is 3. The number of nitrogens with one attached hydrogen (secondary N) is 1. The van der Waals surface area contributed by atoms with Gasteiger partial charge in [0.05, 0.1) is 12.6 Å². The van der Waals surface area contributed by atoms with Crippen LogP contribution >= 0.6 is 23.4 Å². The highest BCUT2D eigenvalue weighted by Crippen LogP contribution is 2.39. The van der Waals surface area contributed by atoms with E-state index in [1.54, 1.807) is 0 Å². The van der Waals surface area contributed by atoms with Gasteiger partial charge in [0.15, 0.2) is 0 Å². The topological polar surface area (TPSA) is 32.3 Å². The Labute approximate surface area is 128 Å².